The summed E-state index contributed by atoms with van der Waals surface area (Å²) >= 11 is 0. The predicted octanol–water partition coefficient (Wildman–Crippen LogP) is 7.14. The standard InChI is InChI=1S/C37H38F3NO7/c1-37(36(44)47-19-21-9-6-8-20-7-4-5-10-24(20)21)13-11-23(12-14-37)48-30-17-27(29(45-2)18-28(30)38)34(42)41-32-25-15-22(16-26(25)33(39)40)31(32)35(43)46-3/h4-10,17-18,22-23,25,31-32H,11-16,19H2,1-3H3,(H,41,42)/t22-,23?,25+,31-,32+,37?/m0/s1. The van der Waals surface area contributed by atoms with Gasteiger partial charge in [0.1, 0.15) is 12.4 Å². The van der Waals surface area contributed by atoms with Crippen LogP contribution in [0.4, 0.5) is 13.2 Å². The van der Waals surface area contributed by atoms with Crippen LogP contribution in [0.15, 0.2) is 66.3 Å². The number of carbonyl (C=O) groups excluding carboxylic acids is 3. The molecule has 3 aromatic carbocycles. The maximum absolute atomic E-state index is 15.2. The number of fused-ring (bicyclic) bond motifs is 3. The van der Waals surface area contributed by atoms with Gasteiger partial charge >= 0.3 is 11.9 Å². The molecule has 0 aliphatic heterocycles. The lowest BCUT2D eigenvalue weighted by Crippen LogP contribution is -2.48. The minimum atomic E-state index is -1.80. The molecule has 1 N–H and O–H groups in total. The van der Waals surface area contributed by atoms with Crippen molar-refractivity contribution in [2.24, 2.45) is 23.2 Å². The maximum atomic E-state index is 15.2. The van der Waals surface area contributed by atoms with Crippen LogP contribution in [-0.4, -0.2) is 44.2 Å². The highest BCUT2D eigenvalue weighted by atomic mass is 19.3. The quantitative estimate of drug-likeness (QED) is 0.243. The molecule has 11 heteroatoms. The van der Waals surface area contributed by atoms with E-state index in [1.807, 2.05) is 49.4 Å². The Kier molecular flexibility index (Phi) is 9.40. The molecule has 3 aliphatic carbocycles. The van der Waals surface area contributed by atoms with E-state index in [0.717, 1.165) is 22.4 Å². The molecule has 3 aliphatic rings. The van der Waals surface area contributed by atoms with Gasteiger partial charge in [-0.15, -0.1) is 0 Å². The van der Waals surface area contributed by atoms with Crippen molar-refractivity contribution in [2.45, 2.75) is 64.2 Å². The first-order chi connectivity index (χ1) is 23.0. The van der Waals surface area contributed by atoms with E-state index in [2.05, 4.69) is 5.32 Å². The van der Waals surface area contributed by atoms with E-state index in [1.165, 1.54) is 20.3 Å². The van der Waals surface area contributed by atoms with Gasteiger partial charge < -0.3 is 24.3 Å². The first kappa shape index (κ1) is 33.4. The van der Waals surface area contributed by atoms with Crippen LogP contribution in [0.1, 0.15) is 61.4 Å². The third-order valence-electron chi connectivity index (χ3n) is 10.4. The van der Waals surface area contributed by atoms with Gasteiger partial charge in [0.25, 0.3) is 12.0 Å². The lowest BCUT2D eigenvalue weighted by Gasteiger charge is -2.35. The number of hydrogen-bond acceptors (Lipinski definition) is 7. The molecule has 3 fully saturated rings. The number of benzene rings is 3. The molecule has 4 atom stereocenters. The second-order valence-corrected chi connectivity index (χ2v) is 13.2. The summed E-state index contributed by atoms with van der Waals surface area (Å²) in [6.07, 6.45) is -0.0396. The summed E-state index contributed by atoms with van der Waals surface area (Å²) in [7, 11) is 2.50. The van der Waals surface area contributed by atoms with Crippen molar-refractivity contribution >= 4 is 28.6 Å². The molecule has 254 valence electrons. The summed E-state index contributed by atoms with van der Waals surface area (Å²) < 4.78 is 64.6. The van der Waals surface area contributed by atoms with Gasteiger partial charge in [-0.05, 0) is 73.8 Å². The third-order valence-corrected chi connectivity index (χ3v) is 10.4. The largest absolute Gasteiger partial charge is 0.496 e. The summed E-state index contributed by atoms with van der Waals surface area (Å²) in [5, 5.41) is 4.83. The van der Waals surface area contributed by atoms with E-state index in [4.69, 9.17) is 18.9 Å². The van der Waals surface area contributed by atoms with Crippen molar-refractivity contribution in [1.82, 2.24) is 5.32 Å². The van der Waals surface area contributed by atoms with E-state index < -0.39 is 53.2 Å². The average Bonchev–Trinajstić information content (AvgIpc) is 3.68. The Balaban J connectivity index is 1.11. The molecular formula is C37H38F3NO7. The van der Waals surface area contributed by atoms with Crippen molar-refractivity contribution in [3.05, 3.63) is 83.2 Å². The number of hydrogen-bond donors (Lipinski definition) is 1. The number of methoxy groups -OCH3 is 2. The molecule has 2 bridgehead atoms. The Morgan fingerprint density at radius 3 is 2.42 bits per heavy atom. The van der Waals surface area contributed by atoms with Crippen molar-refractivity contribution in [3.63, 3.8) is 0 Å². The molecule has 48 heavy (non-hydrogen) atoms. The number of nitrogens with one attached hydrogen (secondary N) is 1. The zero-order valence-corrected chi connectivity index (χ0v) is 27.0. The predicted molar refractivity (Wildman–Crippen MR) is 170 cm³/mol. The fourth-order valence-electron chi connectivity index (χ4n) is 7.72. The molecule has 0 unspecified atom stereocenters. The minimum absolute atomic E-state index is 0.0656. The Morgan fingerprint density at radius 1 is 0.979 bits per heavy atom. The first-order valence-corrected chi connectivity index (χ1v) is 16.1. The second kappa shape index (κ2) is 13.5. The van der Waals surface area contributed by atoms with E-state index in [-0.39, 0.29) is 47.6 Å². The van der Waals surface area contributed by atoms with Crippen LogP contribution < -0.4 is 14.8 Å². The van der Waals surface area contributed by atoms with Gasteiger partial charge in [0, 0.05) is 23.6 Å². The number of amides is 1. The van der Waals surface area contributed by atoms with Gasteiger partial charge in [-0.2, -0.15) is 8.78 Å². The van der Waals surface area contributed by atoms with Crippen LogP contribution in [0, 0.1) is 29.0 Å². The van der Waals surface area contributed by atoms with Crippen LogP contribution >= 0.6 is 0 Å². The highest BCUT2D eigenvalue weighted by Crippen LogP contribution is 2.53. The first-order valence-electron chi connectivity index (χ1n) is 16.1. The van der Waals surface area contributed by atoms with Crippen LogP contribution in [0.2, 0.25) is 0 Å². The number of esters is 2. The van der Waals surface area contributed by atoms with Crippen molar-refractivity contribution < 1.29 is 46.5 Å². The smallest absolute Gasteiger partial charge is 0.312 e. The average molecular weight is 666 g/mol. The van der Waals surface area contributed by atoms with Crippen LogP contribution in [0.25, 0.3) is 10.8 Å². The molecule has 0 heterocycles. The lowest BCUT2D eigenvalue weighted by atomic mass is 9.74. The van der Waals surface area contributed by atoms with E-state index in [9.17, 15) is 23.2 Å². The zero-order valence-electron chi connectivity index (χ0n) is 27.0. The number of ether oxygens (including phenoxy) is 4. The zero-order chi connectivity index (χ0) is 34.2. The number of rotatable bonds is 9. The maximum Gasteiger partial charge on any atom is 0.312 e. The van der Waals surface area contributed by atoms with Crippen molar-refractivity contribution in [2.75, 3.05) is 14.2 Å². The van der Waals surface area contributed by atoms with Crippen LogP contribution in [0.3, 0.4) is 0 Å². The van der Waals surface area contributed by atoms with Gasteiger partial charge in [-0.25, -0.2) is 4.39 Å². The molecule has 0 radical (unpaired) electrons. The molecule has 1 amide bonds. The summed E-state index contributed by atoms with van der Waals surface area (Å²) in [5.41, 5.74) is 0.0492. The molecule has 0 saturated heterocycles. The molecule has 8 nitrogen and oxygen atoms in total. The Hall–Kier alpha value is -4.54. The molecule has 3 saturated carbocycles. The lowest BCUT2D eigenvalue weighted by molar-refractivity contribution is -0.159. The van der Waals surface area contributed by atoms with Crippen molar-refractivity contribution in [1.29, 1.82) is 0 Å². The summed E-state index contributed by atoms with van der Waals surface area (Å²) in [6.45, 7) is 2.01. The monoisotopic (exact) mass is 665 g/mol. The minimum Gasteiger partial charge on any atom is -0.496 e. The Labute approximate surface area is 276 Å². The fourth-order valence-corrected chi connectivity index (χ4v) is 7.72. The van der Waals surface area contributed by atoms with Gasteiger partial charge in [-0.3, -0.25) is 14.4 Å². The van der Waals surface area contributed by atoms with Gasteiger partial charge in [-0.1, -0.05) is 42.5 Å². The van der Waals surface area contributed by atoms with Gasteiger partial charge in [0.05, 0.1) is 37.2 Å². The van der Waals surface area contributed by atoms with Gasteiger partial charge in [0.15, 0.2) is 11.6 Å². The highest BCUT2D eigenvalue weighted by molar-refractivity contribution is 5.98. The summed E-state index contributed by atoms with van der Waals surface area (Å²) in [6, 6.07) is 15.1. The second-order valence-electron chi connectivity index (χ2n) is 13.2. The molecule has 6 rings (SSSR count). The fraction of sp³-hybridized carbons (Fsp3) is 0.432. The highest BCUT2D eigenvalue weighted by Gasteiger charge is 2.55. The third kappa shape index (κ3) is 6.34. The van der Waals surface area contributed by atoms with E-state index in [1.54, 1.807) is 0 Å². The SMILES string of the molecule is COC(=O)[C@H]1[C@@H]2CC(=C(F)F)[C@@H](C2)[C@H]1NC(=O)c1cc(OC2CCC(C)(C(=O)OCc3cccc4ccccc34)CC2)c(F)cc1OC. The van der Waals surface area contributed by atoms with E-state index >= 15 is 4.39 Å². The van der Waals surface area contributed by atoms with E-state index in [0.29, 0.717) is 32.1 Å². The number of carbonyl (C=O) groups is 3. The molecule has 3 aromatic rings. The van der Waals surface area contributed by atoms with Crippen LogP contribution in [0.5, 0.6) is 11.5 Å². The number of halogens is 3. The Bertz CT molecular complexity index is 1760. The van der Waals surface area contributed by atoms with Crippen LogP contribution in [-0.2, 0) is 25.7 Å². The molecule has 0 spiro atoms. The topological polar surface area (TPSA) is 100 Å². The normalized spacial score (nSPS) is 26.2. The summed E-state index contributed by atoms with van der Waals surface area (Å²) in [5.74, 6) is -4.49. The van der Waals surface area contributed by atoms with Gasteiger partial charge in [0.2, 0.25) is 0 Å². The van der Waals surface area contributed by atoms with Crippen molar-refractivity contribution in [3.8, 4) is 11.5 Å². The molecule has 0 aromatic heterocycles. The molecular weight excluding hydrogens is 627 g/mol. The Morgan fingerprint density at radius 2 is 1.71 bits per heavy atom. The summed E-state index contributed by atoms with van der Waals surface area (Å²) in [4.78, 5) is 39.4.